The monoisotopic (exact) mass is 1140 g/mol. The Bertz CT molecular complexity index is 1550. The quantitative estimate of drug-likeness (QED) is 0.0261. The van der Waals surface area contributed by atoms with Crippen LogP contribution >= 0.6 is 0 Å². The summed E-state index contributed by atoms with van der Waals surface area (Å²) in [6.07, 6.45) is 93.4. The molecule has 0 N–H and O–H groups in total. The summed E-state index contributed by atoms with van der Waals surface area (Å²) in [5, 5.41) is 0. The summed E-state index contributed by atoms with van der Waals surface area (Å²) in [5.74, 6) is -0.876. The number of esters is 3. The smallest absolute Gasteiger partial charge is 0.306 e. The van der Waals surface area contributed by atoms with Gasteiger partial charge in [-0.3, -0.25) is 14.4 Å². The molecule has 0 aliphatic carbocycles. The predicted molar refractivity (Wildman–Crippen MR) is 358 cm³/mol. The molecule has 6 nitrogen and oxygen atoms in total. The number of carbonyl (C=O) groups is 3. The molecule has 0 amide bonds. The molecule has 0 aromatic heterocycles. The molecule has 0 aromatic rings. The molecule has 0 saturated carbocycles. The van der Waals surface area contributed by atoms with E-state index in [4.69, 9.17) is 14.2 Å². The minimum atomic E-state index is -0.782. The first kappa shape index (κ1) is 78.6. The average Bonchev–Trinajstić information content (AvgIpc) is 3.48. The van der Waals surface area contributed by atoms with Gasteiger partial charge in [0.05, 0.1) is 0 Å². The van der Waals surface area contributed by atoms with Crippen LogP contribution < -0.4 is 0 Å². The van der Waals surface area contributed by atoms with Crippen molar-refractivity contribution in [1.82, 2.24) is 0 Å². The van der Waals surface area contributed by atoms with Gasteiger partial charge in [-0.2, -0.15) is 0 Å². The van der Waals surface area contributed by atoms with Crippen LogP contribution in [0.4, 0.5) is 0 Å². The fraction of sp³-hybridized carbons (Fsp3) is 0.776. The average molecular weight is 1140 g/mol. The summed E-state index contributed by atoms with van der Waals surface area (Å²) in [4.78, 5) is 38.4. The van der Waals surface area contributed by atoms with Crippen molar-refractivity contribution < 1.29 is 28.6 Å². The van der Waals surface area contributed by atoms with Gasteiger partial charge in [0.25, 0.3) is 0 Å². The molecule has 0 rings (SSSR count). The third-order valence-corrected chi connectivity index (χ3v) is 15.6. The van der Waals surface area contributed by atoms with Crippen molar-refractivity contribution in [3.05, 3.63) is 85.1 Å². The van der Waals surface area contributed by atoms with E-state index >= 15 is 0 Å². The number of unbranched alkanes of at least 4 members (excludes halogenated alkanes) is 40. The van der Waals surface area contributed by atoms with Crippen LogP contribution in [0.25, 0.3) is 0 Å². The molecule has 1 unspecified atom stereocenters. The van der Waals surface area contributed by atoms with Gasteiger partial charge in [-0.25, -0.2) is 0 Å². The van der Waals surface area contributed by atoms with Crippen LogP contribution in [0.3, 0.4) is 0 Å². The van der Waals surface area contributed by atoms with E-state index in [2.05, 4.69) is 106 Å². The largest absolute Gasteiger partial charge is 0.462 e. The van der Waals surface area contributed by atoms with Gasteiger partial charge in [0.1, 0.15) is 13.2 Å². The zero-order valence-corrected chi connectivity index (χ0v) is 54.5. The molecule has 0 spiro atoms. The second kappa shape index (κ2) is 70.1. The molecule has 0 radical (unpaired) electrons. The predicted octanol–water partition coefficient (Wildman–Crippen LogP) is 24.6. The summed E-state index contributed by atoms with van der Waals surface area (Å²) in [5.41, 5.74) is 0. The summed E-state index contributed by atoms with van der Waals surface area (Å²) in [6.45, 7) is 6.54. The number of carbonyl (C=O) groups excluding carboxylic acids is 3. The SMILES string of the molecule is CC/C=C\C/C=C\C/C=C\C/C=C\C/C=C\CCCCCCCCCCCCCCCCCCCCCC(=O)OCC(COC(=O)CCCCCCC/C=C\CCCCCCC)OC(=O)CCCCCCC/C=C\CCCCCCCC. The highest BCUT2D eigenvalue weighted by Crippen LogP contribution is 2.17. The van der Waals surface area contributed by atoms with Crippen molar-refractivity contribution in [3.63, 3.8) is 0 Å². The number of hydrogen-bond donors (Lipinski definition) is 0. The maximum Gasteiger partial charge on any atom is 0.306 e. The first-order chi connectivity index (χ1) is 40.5. The van der Waals surface area contributed by atoms with Gasteiger partial charge < -0.3 is 14.2 Å². The van der Waals surface area contributed by atoms with Crippen molar-refractivity contribution in [2.45, 2.75) is 367 Å². The number of rotatable bonds is 65. The Morgan fingerprint density at radius 3 is 0.756 bits per heavy atom. The van der Waals surface area contributed by atoms with E-state index in [9.17, 15) is 14.4 Å². The number of allylic oxidation sites excluding steroid dienone is 14. The lowest BCUT2D eigenvalue weighted by atomic mass is 10.0. The fourth-order valence-corrected chi connectivity index (χ4v) is 10.3. The van der Waals surface area contributed by atoms with E-state index in [1.165, 1.54) is 212 Å². The second-order valence-corrected chi connectivity index (χ2v) is 23.8. The Kier molecular flexibility index (Phi) is 67.2. The molecule has 82 heavy (non-hydrogen) atoms. The summed E-state index contributed by atoms with van der Waals surface area (Å²) >= 11 is 0. The number of ether oxygens (including phenoxy) is 3. The highest BCUT2D eigenvalue weighted by Gasteiger charge is 2.19. The minimum Gasteiger partial charge on any atom is -0.462 e. The van der Waals surface area contributed by atoms with Gasteiger partial charge in [-0.15, -0.1) is 0 Å². The van der Waals surface area contributed by atoms with Gasteiger partial charge in [0.2, 0.25) is 0 Å². The molecule has 0 heterocycles. The van der Waals surface area contributed by atoms with Crippen molar-refractivity contribution in [3.8, 4) is 0 Å². The molecule has 0 aromatic carbocycles. The van der Waals surface area contributed by atoms with Crippen LogP contribution in [0.5, 0.6) is 0 Å². The van der Waals surface area contributed by atoms with Gasteiger partial charge >= 0.3 is 17.9 Å². The topological polar surface area (TPSA) is 78.9 Å². The van der Waals surface area contributed by atoms with E-state index in [1.807, 2.05) is 0 Å². The molecular weight excluding hydrogens is 1010 g/mol. The van der Waals surface area contributed by atoms with Crippen LogP contribution in [0, 0.1) is 0 Å². The van der Waals surface area contributed by atoms with Gasteiger partial charge in [-0.05, 0) is 116 Å². The van der Waals surface area contributed by atoms with Crippen LogP contribution in [-0.4, -0.2) is 37.2 Å². The van der Waals surface area contributed by atoms with E-state index in [-0.39, 0.29) is 31.1 Å². The molecule has 0 aliphatic rings. The number of hydrogen-bond acceptors (Lipinski definition) is 6. The Hall–Kier alpha value is -3.41. The molecule has 1 atom stereocenters. The maximum absolute atomic E-state index is 12.9. The van der Waals surface area contributed by atoms with Crippen molar-refractivity contribution in [2.24, 2.45) is 0 Å². The summed E-state index contributed by atoms with van der Waals surface area (Å²) in [7, 11) is 0. The molecule has 6 heteroatoms. The Balaban J connectivity index is 4.12. The molecule has 474 valence electrons. The molecule has 0 saturated heterocycles. The van der Waals surface area contributed by atoms with Gasteiger partial charge in [0.15, 0.2) is 6.10 Å². The third kappa shape index (κ3) is 67.4. The minimum absolute atomic E-state index is 0.0775. The highest BCUT2D eigenvalue weighted by molar-refractivity contribution is 5.71. The lowest BCUT2D eigenvalue weighted by Crippen LogP contribution is -2.30. The van der Waals surface area contributed by atoms with E-state index < -0.39 is 6.10 Å². The highest BCUT2D eigenvalue weighted by atomic mass is 16.6. The first-order valence-electron chi connectivity index (χ1n) is 35.6. The Morgan fingerprint density at radius 1 is 0.256 bits per heavy atom. The van der Waals surface area contributed by atoms with Crippen molar-refractivity contribution in [2.75, 3.05) is 13.2 Å². The van der Waals surface area contributed by atoms with E-state index in [0.717, 1.165) is 109 Å². The van der Waals surface area contributed by atoms with Crippen LogP contribution in [0.1, 0.15) is 361 Å². The molecule has 0 bridgehead atoms. The van der Waals surface area contributed by atoms with Crippen LogP contribution in [0.2, 0.25) is 0 Å². The second-order valence-electron chi connectivity index (χ2n) is 23.8. The summed E-state index contributed by atoms with van der Waals surface area (Å²) < 4.78 is 16.9. The molecule has 0 fully saturated rings. The zero-order valence-electron chi connectivity index (χ0n) is 54.5. The van der Waals surface area contributed by atoms with Crippen LogP contribution in [0.15, 0.2) is 85.1 Å². The molecular formula is C76H134O6. The lowest BCUT2D eigenvalue weighted by Gasteiger charge is -2.18. The first-order valence-corrected chi connectivity index (χ1v) is 35.6. The van der Waals surface area contributed by atoms with Crippen molar-refractivity contribution in [1.29, 1.82) is 0 Å². The van der Waals surface area contributed by atoms with E-state index in [1.54, 1.807) is 0 Å². The molecule has 0 aliphatic heterocycles. The Labute approximate surface area is 509 Å². The standard InChI is InChI=1S/C76H134O6/c1-4-7-10-13-16-19-22-25-28-29-30-31-32-33-34-35-36-37-38-39-40-41-42-43-44-45-46-47-49-51-54-57-60-63-66-69-75(78)81-72-73(71-80-74(77)68-65-62-59-56-53-50-27-24-21-18-15-12-9-6-3)82-76(79)70-67-64-61-58-55-52-48-26-23-20-17-14-11-8-5-2/h7,10,16,19,24-28,30-31,33-34,48,73H,4-6,8-9,11-15,17-18,20-23,29,32,35-47,49-72H2,1-3H3/b10-7-,19-16-,27-24-,28-25-,31-30-,34-33-,48-26-. The maximum atomic E-state index is 12.9. The van der Waals surface area contributed by atoms with Gasteiger partial charge in [-0.1, -0.05) is 311 Å². The lowest BCUT2D eigenvalue weighted by molar-refractivity contribution is -0.167. The Morgan fingerprint density at radius 2 is 0.476 bits per heavy atom. The zero-order chi connectivity index (χ0) is 59.2. The normalized spacial score (nSPS) is 12.6. The fourth-order valence-electron chi connectivity index (χ4n) is 10.3. The third-order valence-electron chi connectivity index (χ3n) is 15.6. The van der Waals surface area contributed by atoms with E-state index in [0.29, 0.717) is 19.3 Å². The van der Waals surface area contributed by atoms with Gasteiger partial charge in [0, 0.05) is 19.3 Å². The van der Waals surface area contributed by atoms with Crippen molar-refractivity contribution >= 4 is 17.9 Å². The van der Waals surface area contributed by atoms with Crippen LogP contribution in [-0.2, 0) is 28.6 Å². The summed E-state index contributed by atoms with van der Waals surface area (Å²) in [6, 6.07) is 0.